The standard InChI is InChI=1S/C6H3BrClF2NO/c7-3-1-4(8)11-5(2-3)12-6(9)10/h1-2,6H. The SMILES string of the molecule is FC(F)Oc1cc(Br)cc(Cl)n1. The van der Waals surface area contributed by atoms with Crippen molar-refractivity contribution < 1.29 is 13.5 Å². The lowest BCUT2D eigenvalue weighted by atomic mass is 10.5. The van der Waals surface area contributed by atoms with Crippen molar-refractivity contribution in [1.82, 2.24) is 4.98 Å². The van der Waals surface area contributed by atoms with E-state index in [1.165, 1.54) is 12.1 Å². The Morgan fingerprint density at radius 1 is 1.50 bits per heavy atom. The quantitative estimate of drug-likeness (QED) is 0.761. The van der Waals surface area contributed by atoms with Crippen LogP contribution in [0, 0.1) is 0 Å². The van der Waals surface area contributed by atoms with E-state index >= 15 is 0 Å². The van der Waals surface area contributed by atoms with Crippen molar-refractivity contribution in [2.24, 2.45) is 0 Å². The molecule has 0 aromatic carbocycles. The Hall–Kier alpha value is -0.420. The number of nitrogens with zero attached hydrogens (tertiary/aromatic N) is 1. The molecule has 0 aliphatic heterocycles. The van der Waals surface area contributed by atoms with Gasteiger partial charge in [0.25, 0.3) is 0 Å². The van der Waals surface area contributed by atoms with E-state index in [0.717, 1.165) is 0 Å². The highest BCUT2D eigenvalue weighted by molar-refractivity contribution is 9.10. The van der Waals surface area contributed by atoms with Gasteiger partial charge in [-0.25, -0.2) is 4.98 Å². The van der Waals surface area contributed by atoms with E-state index in [1.807, 2.05) is 0 Å². The highest BCUT2D eigenvalue weighted by Crippen LogP contribution is 2.21. The molecule has 66 valence electrons. The third-order valence-corrected chi connectivity index (χ3v) is 1.60. The number of hydrogen-bond donors (Lipinski definition) is 0. The summed E-state index contributed by atoms with van der Waals surface area (Å²) in [5, 5.41) is 0.0972. The Kier molecular flexibility index (Phi) is 3.22. The molecule has 1 heterocycles. The Morgan fingerprint density at radius 3 is 2.67 bits per heavy atom. The summed E-state index contributed by atoms with van der Waals surface area (Å²) in [6.45, 7) is -2.89. The topological polar surface area (TPSA) is 22.1 Å². The monoisotopic (exact) mass is 257 g/mol. The number of pyridine rings is 1. The van der Waals surface area contributed by atoms with Crippen LogP contribution in [0.4, 0.5) is 8.78 Å². The van der Waals surface area contributed by atoms with Gasteiger partial charge in [0, 0.05) is 10.5 Å². The van der Waals surface area contributed by atoms with Crippen molar-refractivity contribution >= 4 is 27.5 Å². The molecule has 0 atom stereocenters. The largest absolute Gasteiger partial charge is 0.417 e. The molecule has 1 rings (SSSR count). The molecule has 0 amide bonds. The maximum atomic E-state index is 11.7. The van der Waals surface area contributed by atoms with E-state index < -0.39 is 6.61 Å². The number of alkyl halides is 2. The molecule has 0 saturated heterocycles. The van der Waals surface area contributed by atoms with Crippen LogP contribution in [-0.2, 0) is 0 Å². The van der Waals surface area contributed by atoms with E-state index in [1.54, 1.807) is 0 Å². The van der Waals surface area contributed by atoms with Crippen molar-refractivity contribution in [3.8, 4) is 5.88 Å². The summed E-state index contributed by atoms with van der Waals surface area (Å²) in [5.74, 6) is -0.204. The van der Waals surface area contributed by atoms with Gasteiger partial charge in [0.1, 0.15) is 5.15 Å². The molecule has 0 radical (unpaired) electrons. The minimum absolute atomic E-state index is 0.0972. The van der Waals surface area contributed by atoms with E-state index in [0.29, 0.717) is 4.47 Å². The van der Waals surface area contributed by atoms with E-state index in [4.69, 9.17) is 11.6 Å². The summed E-state index contributed by atoms with van der Waals surface area (Å²) in [6.07, 6.45) is 0. The zero-order valence-corrected chi connectivity index (χ0v) is 7.94. The number of hydrogen-bond acceptors (Lipinski definition) is 2. The number of aromatic nitrogens is 1. The number of ether oxygens (including phenoxy) is 1. The minimum atomic E-state index is -2.89. The van der Waals surface area contributed by atoms with Gasteiger partial charge in [-0.2, -0.15) is 8.78 Å². The van der Waals surface area contributed by atoms with Gasteiger partial charge < -0.3 is 4.74 Å². The molecule has 0 bridgehead atoms. The average Bonchev–Trinajstić information content (AvgIpc) is 1.81. The van der Waals surface area contributed by atoms with Crippen LogP contribution in [0.1, 0.15) is 0 Å². The summed E-state index contributed by atoms with van der Waals surface area (Å²) < 4.78 is 27.9. The fraction of sp³-hybridized carbons (Fsp3) is 0.167. The first-order chi connectivity index (χ1) is 5.58. The maximum Gasteiger partial charge on any atom is 0.388 e. The highest BCUT2D eigenvalue weighted by Gasteiger charge is 2.06. The van der Waals surface area contributed by atoms with E-state index in [9.17, 15) is 8.78 Å². The summed E-state index contributed by atoms with van der Waals surface area (Å²) in [4.78, 5) is 3.51. The number of halogens is 4. The smallest absolute Gasteiger partial charge is 0.388 e. The summed E-state index contributed by atoms with van der Waals surface area (Å²) in [6, 6.07) is 2.78. The van der Waals surface area contributed by atoms with Gasteiger partial charge in [-0.1, -0.05) is 27.5 Å². The lowest BCUT2D eigenvalue weighted by molar-refractivity contribution is -0.0528. The van der Waals surface area contributed by atoms with Crippen molar-refractivity contribution in [3.05, 3.63) is 21.8 Å². The summed E-state index contributed by atoms with van der Waals surface area (Å²) in [7, 11) is 0. The molecule has 6 heteroatoms. The lowest BCUT2D eigenvalue weighted by Crippen LogP contribution is -2.03. The second kappa shape index (κ2) is 4.00. The normalized spacial score (nSPS) is 10.4. The molecule has 0 spiro atoms. The second-order valence-electron chi connectivity index (χ2n) is 1.82. The third-order valence-electron chi connectivity index (χ3n) is 0.945. The predicted molar refractivity (Wildman–Crippen MR) is 43.6 cm³/mol. The Morgan fingerprint density at radius 2 is 2.17 bits per heavy atom. The molecular formula is C6H3BrClF2NO. The van der Waals surface area contributed by atoms with Crippen LogP contribution in [0.5, 0.6) is 5.88 Å². The van der Waals surface area contributed by atoms with Crippen LogP contribution in [0.3, 0.4) is 0 Å². The molecule has 12 heavy (non-hydrogen) atoms. The Bertz CT molecular complexity index is 264. The summed E-state index contributed by atoms with van der Waals surface area (Å²) >= 11 is 8.52. The fourth-order valence-corrected chi connectivity index (χ4v) is 1.34. The first-order valence-corrected chi connectivity index (χ1v) is 4.03. The van der Waals surface area contributed by atoms with Crippen LogP contribution in [0.2, 0.25) is 5.15 Å². The average molecular weight is 258 g/mol. The van der Waals surface area contributed by atoms with Gasteiger partial charge in [-0.15, -0.1) is 0 Å². The molecule has 0 unspecified atom stereocenters. The van der Waals surface area contributed by atoms with Gasteiger partial charge >= 0.3 is 6.61 Å². The van der Waals surface area contributed by atoms with Crippen LogP contribution in [-0.4, -0.2) is 11.6 Å². The second-order valence-corrected chi connectivity index (χ2v) is 3.13. The van der Waals surface area contributed by atoms with Crippen LogP contribution in [0.25, 0.3) is 0 Å². The fourth-order valence-electron chi connectivity index (χ4n) is 0.595. The van der Waals surface area contributed by atoms with Crippen LogP contribution in [0.15, 0.2) is 16.6 Å². The zero-order valence-electron chi connectivity index (χ0n) is 5.60. The van der Waals surface area contributed by atoms with Crippen LogP contribution >= 0.6 is 27.5 Å². The molecule has 0 aliphatic rings. The van der Waals surface area contributed by atoms with Gasteiger partial charge in [-0.05, 0) is 6.07 Å². The van der Waals surface area contributed by atoms with Crippen molar-refractivity contribution in [3.63, 3.8) is 0 Å². The van der Waals surface area contributed by atoms with Crippen molar-refractivity contribution in [2.45, 2.75) is 6.61 Å². The zero-order chi connectivity index (χ0) is 9.14. The maximum absolute atomic E-state index is 11.7. The molecule has 2 nitrogen and oxygen atoms in total. The number of rotatable bonds is 2. The molecule has 0 aliphatic carbocycles. The van der Waals surface area contributed by atoms with Crippen molar-refractivity contribution in [1.29, 1.82) is 0 Å². The van der Waals surface area contributed by atoms with Crippen LogP contribution < -0.4 is 4.74 Å². The molecular weight excluding hydrogens is 255 g/mol. The van der Waals surface area contributed by atoms with Gasteiger partial charge in [-0.3, -0.25) is 0 Å². The molecule has 0 fully saturated rings. The first-order valence-electron chi connectivity index (χ1n) is 2.86. The van der Waals surface area contributed by atoms with Gasteiger partial charge in [0.2, 0.25) is 5.88 Å². The molecule has 0 saturated carbocycles. The molecule has 0 N–H and O–H groups in total. The molecule has 1 aromatic heterocycles. The van der Waals surface area contributed by atoms with Gasteiger partial charge in [0.15, 0.2) is 0 Å². The van der Waals surface area contributed by atoms with Gasteiger partial charge in [0.05, 0.1) is 0 Å². The van der Waals surface area contributed by atoms with Crippen molar-refractivity contribution in [2.75, 3.05) is 0 Å². The third kappa shape index (κ3) is 2.91. The van der Waals surface area contributed by atoms with E-state index in [2.05, 4.69) is 25.7 Å². The summed E-state index contributed by atoms with van der Waals surface area (Å²) in [5.41, 5.74) is 0. The Balaban J connectivity index is 2.85. The lowest BCUT2D eigenvalue weighted by Gasteiger charge is -2.03. The first kappa shape index (κ1) is 9.67. The van der Waals surface area contributed by atoms with E-state index in [-0.39, 0.29) is 11.0 Å². The highest BCUT2D eigenvalue weighted by atomic mass is 79.9. The minimum Gasteiger partial charge on any atom is -0.417 e. The Labute approximate surface area is 80.6 Å². The molecule has 1 aromatic rings. The predicted octanol–water partition coefficient (Wildman–Crippen LogP) is 3.10.